The molecule has 2 nitrogen and oxygen atoms in total. The molecule has 1 aromatic rings. The molecule has 0 bridgehead atoms. The number of allylic oxidation sites excluding steroid dienone is 2. The van der Waals surface area contributed by atoms with Crippen LogP contribution in [0.2, 0.25) is 0 Å². The molecule has 0 radical (unpaired) electrons. The predicted octanol–water partition coefficient (Wildman–Crippen LogP) is 9.53. The van der Waals surface area contributed by atoms with Gasteiger partial charge in [0.2, 0.25) is 0 Å². The highest BCUT2D eigenvalue weighted by Crippen LogP contribution is 2.32. The van der Waals surface area contributed by atoms with Crippen LogP contribution >= 0.6 is 23.5 Å². The Bertz CT molecular complexity index is 701. The number of benzene rings is 1. The predicted molar refractivity (Wildman–Crippen MR) is 153 cm³/mol. The number of carbonyl (C=O) groups is 1. The van der Waals surface area contributed by atoms with Gasteiger partial charge >= 0.3 is 5.97 Å². The van der Waals surface area contributed by atoms with Crippen LogP contribution in [0, 0.1) is 5.92 Å². The van der Waals surface area contributed by atoms with E-state index in [1.54, 1.807) is 11.1 Å². The minimum absolute atomic E-state index is 0.304. The van der Waals surface area contributed by atoms with E-state index in [9.17, 15) is 4.79 Å². The first kappa shape index (κ1) is 29.4. The van der Waals surface area contributed by atoms with Gasteiger partial charge in [0, 0.05) is 17.4 Å². The van der Waals surface area contributed by atoms with Gasteiger partial charge in [-0.25, -0.2) is 0 Å². The zero-order valence-corrected chi connectivity index (χ0v) is 23.4. The summed E-state index contributed by atoms with van der Waals surface area (Å²) < 4.78 is 0. The fourth-order valence-electron chi connectivity index (χ4n) is 4.96. The van der Waals surface area contributed by atoms with E-state index in [1.807, 2.05) is 0 Å². The lowest BCUT2D eigenvalue weighted by Gasteiger charge is -2.22. The number of hydrogen-bond acceptors (Lipinski definition) is 3. The van der Waals surface area contributed by atoms with Gasteiger partial charge in [-0.15, -0.1) is 0 Å². The van der Waals surface area contributed by atoms with Gasteiger partial charge in [0.25, 0.3) is 0 Å². The second-order valence-corrected chi connectivity index (χ2v) is 12.5. The Kier molecular flexibility index (Phi) is 15.9. The topological polar surface area (TPSA) is 37.3 Å². The van der Waals surface area contributed by atoms with Crippen LogP contribution in [0.4, 0.5) is 0 Å². The molecule has 1 N–H and O–H groups in total. The number of aliphatic carboxylic acids is 1. The van der Waals surface area contributed by atoms with E-state index in [0.717, 1.165) is 30.9 Å². The van der Waals surface area contributed by atoms with Gasteiger partial charge in [-0.3, -0.25) is 4.79 Å². The van der Waals surface area contributed by atoms with Gasteiger partial charge in [-0.1, -0.05) is 74.1 Å². The standard InChI is InChI=1S/C30H48O2S2/c1-3-13-27(22-28-17-10-5-4-7-14-25(28)2)23-33-21-20-29(18-11-12-19-30(31)32)34-24-26-15-8-6-9-16-26/h6,8-9,15-16,27,29H,3-5,7,10-14,17-24H2,1-2H3,(H,31,32)/b28-25-. The maximum Gasteiger partial charge on any atom is 0.303 e. The highest BCUT2D eigenvalue weighted by Gasteiger charge is 2.16. The maximum absolute atomic E-state index is 10.9. The fourth-order valence-corrected chi connectivity index (χ4v) is 7.59. The van der Waals surface area contributed by atoms with E-state index in [4.69, 9.17) is 5.11 Å². The van der Waals surface area contributed by atoms with E-state index in [1.165, 1.54) is 81.3 Å². The molecule has 0 heterocycles. The molecule has 0 amide bonds. The maximum atomic E-state index is 10.9. The Morgan fingerprint density at radius 1 is 1.00 bits per heavy atom. The molecule has 2 rings (SSSR count). The molecule has 34 heavy (non-hydrogen) atoms. The van der Waals surface area contributed by atoms with E-state index in [-0.39, 0.29) is 0 Å². The van der Waals surface area contributed by atoms with Crippen molar-refractivity contribution in [2.24, 2.45) is 5.92 Å². The number of rotatable bonds is 17. The fraction of sp³-hybridized carbons (Fsp3) is 0.700. The largest absolute Gasteiger partial charge is 0.481 e. The molecule has 0 aromatic heterocycles. The van der Waals surface area contributed by atoms with E-state index in [0.29, 0.717) is 11.7 Å². The Labute approximate surface area is 218 Å². The Hall–Kier alpha value is -0.870. The van der Waals surface area contributed by atoms with Crippen LogP contribution in [0.5, 0.6) is 0 Å². The van der Waals surface area contributed by atoms with Crippen molar-refractivity contribution < 1.29 is 9.90 Å². The van der Waals surface area contributed by atoms with Crippen LogP contribution < -0.4 is 0 Å². The van der Waals surface area contributed by atoms with Crippen molar-refractivity contribution in [3.63, 3.8) is 0 Å². The number of thioether (sulfide) groups is 2. The summed E-state index contributed by atoms with van der Waals surface area (Å²) >= 11 is 4.23. The molecule has 0 spiro atoms. The van der Waals surface area contributed by atoms with Crippen molar-refractivity contribution in [1.82, 2.24) is 0 Å². The first-order chi connectivity index (χ1) is 16.6. The summed E-state index contributed by atoms with van der Waals surface area (Å²) in [5.41, 5.74) is 4.87. The molecule has 2 unspecified atom stereocenters. The molecular weight excluding hydrogens is 456 g/mol. The van der Waals surface area contributed by atoms with Gasteiger partial charge in [0.15, 0.2) is 0 Å². The average Bonchev–Trinajstić information content (AvgIpc) is 2.82. The third-order valence-electron chi connectivity index (χ3n) is 7.05. The number of unbranched alkanes of at least 4 members (excludes halogenated alkanes) is 1. The van der Waals surface area contributed by atoms with Crippen molar-refractivity contribution >= 4 is 29.5 Å². The second kappa shape index (κ2) is 18.4. The lowest BCUT2D eigenvalue weighted by atomic mass is 9.87. The van der Waals surface area contributed by atoms with Crippen molar-refractivity contribution in [1.29, 1.82) is 0 Å². The molecule has 0 saturated carbocycles. The molecule has 1 aliphatic rings. The minimum Gasteiger partial charge on any atom is -0.481 e. The molecule has 1 aliphatic carbocycles. The zero-order valence-electron chi connectivity index (χ0n) is 21.7. The van der Waals surface area contributed by atoms with E-state index < -0.39 is 5.97 Å². The summed E-state index contributed by atoms with van der Waals surface area (Å²) in [6.07, 6.45) is 16.7. The van der Waals surface area contributed by atoms with Crippen LogP contribution in [0.1, 0.15) is 109 Å². The Balaban J connectivity index is 1.80. The Morgan fingerprint density at radius 3 is 2.50 bits per heavy atom. The van der Waals surface area contributed by atoms with Crippen molar-refractivity contribution in [2.45, 2.75) is 115 Å². The number of carboxylic acids is 1. The third-order valence-corrected chi connectivity index (χ3v) is 9.72. The smallest absolute Gasteiger partial charge is 0.303 e. The van der Waals surface area contributed by atoms with Gasteiger partial charge in [0.05, 0.1) is 0 Å². The minimum atomic E-state index is -0.666. The van der Waals surface area contributed by atoms with Crippen molar-refractivity contribution in [3.05, 3.63) is 47.0 Å². The highest BCUT2D eigenvalue weighted by atomic mass is 32.2. The van der Waals surface area contributed by atoms with Crippen LogP contribution in [0.25, 0.3) is 0 Å². The van der Waals surface area contributed by atoms with Crippen LogP contribution in [-0.2, 0) is 10.5 Å². The molecule has 0 fully saturated rings. The third kappa shape index (κ3) is 13.3. The SMILES string of the molecule is CCCC(CSCCC(CCCCC(=O)O)SCc1ccccc1)C/C1=C(/C)CCCCCC1. The molecule has 1 aromatic carbocycles. The van der Waals surface area contributed by atoms with Crippen molar-refractivity contribution in [3.8, 4) is 0 Å². The summed E-state index contributed by atoms with van der Waals surface area (Å²) in [7, 11) is 0. The Morgan fingerprint density at radius 2 is 1.76 bits per heavy atom. The number of carboxylic acid groups (broad SMARTS) is 1. The molecule has 0 saturated heterocycles. The summed E-state index contributed by atoms with van der Waals surface area (Å²) in [6.45, 7) is 4.74. The summed E-state index contributed by atoms with van der Waals surface area (Å²) in [6, 6.07) is 10.7. The number of hydrogen-bond donors (Lipinski definition) is 1. The molecule has 4 heteroatoms. The lowest BCUT2D eigenvalue weighted by molar-refractivity contribution is -0.137. The first-order valence-electron chi connectivity index (χ1n) is 13.7. The lowest BCUT2D eigenvalue weighted by Crippen LogP contribution is -2.10. The average molecular weight is 505 g/mol. The summed E-state index contributed by atoms with van der Waals surface area (Å²) in [5, 5.41) is 9.58. The highest BCUT2D eigenvalue weighted by molar-refractivity contribution is 8.00. The van der Waals surface area contributed by atoms with Crippen LogP contribution in [0.15, 0.2) is 41.5 Å². The molecule has 0 aliphatic heterocycles. The van der Waals surface area contributed by atoms with Gasteiger partial charge in [-0.05, 0) is 87.7 Å². The van der Waals surface area contributed by atoms with E-state index >= 15 is 0 Å². The first-order valence-corrected chi connectivity index (χ1v) is 15.9. The van der Waals surface area contributed by atoms with E-state index in [2.05, 4.69) is 67.7 Å². The normalized spacial score (nSPS) is 18.8. The van der Waals surface area contributed by atoms with Crippen LogP contribution in [0.3, 0.4) is 0 Å². The summed E-state index contributed by atoms with van der Waals surface area (Å²) in [4.78, 5) is 10.9. The zero-order chi connectivity index (χ0) is 24.4. The monoisotopic (exact) mass is 504 g/mol. The molecular formula is C30H48O2S2. The van der Waals surface area contributed by atoms with Crippen LogP contribution in [-0.4, -0.2) is 27.8 Å². The van der Waals surface area contributed by atoms with Gasteiger partial charge in [-0.2, -0.15) is 23.5 Å². The second-order valence-electron chi connectivity index (χ2n) is 10.1. The van der Waals surface area contributed by atoms with Crippen molar-refractivity contribution in [2.75, 3.05) is 11.5 Å². The quantitative estimate of drug-likeness (QED) is 0.169. The molecule has 192 valence electrons. The summed E-state index contributed by atoms with van der Waals surface area (Å²) in [5.74, 6) is 3.73. The van der Waals surface area contributed by atoms with Gasteiger partial charge < -0.3 is 5.11 Å². The van der Waals surface area contributed by atoms with Gasteiger partial charge in [0.1, 0.15) is 0 Å². The molecule has 2 atom stereocenters.